The molecular formula is C22H20N2O3S. The first-order valence-electron chi connectivity index (χ1n) is 8.66. The monoisotopic (exact) mass is 392 g/mol. The molecule has 0 atom stereocenters. The third-order valence-electron chi connectivity index (χ3n) is 3.71. The van der Waals surface area contributed by atoms with Crippen LogP contribution in [0.1, 0.15) is 5.56 Å². The highest BCUT2D eigenvalue weighted by Gasteiger charge is 2.06. The molecule has 3 aromatic carbocycles. The molecule has 0 aliphatic heterocycles. The summed E-state index contributed by atoms with van der Waals surface area (Å²) in [4.78, 5) is 14.2. The summed E-state index contributed by atoms with van der Waals surface area (Å²) >= 11 is 1.64. The molecule has 0 radical (unpaired) electrons. The third kappa shape index (κ3) is 5.62. The van der Waals surface area contributed by atoms with Gasteiger partial charge in [-0.25, -0.2) is 5.43 Å². The summed E-state index contributed by atoms with van der Waals surface area (Å²) in [5.74, 6) is 0.731. The molecule has 142 valence electrons. The number of carbonyl (C=O) groups excluding carboxylic acids is 1. The van der Waals surface area contributed by atoms with Crippen LogP contribution in [0.25, 0.3) is 0 Å². The minimum Gasteiger partial charge on any atom is -0.493 e. The number of hydrazone groups is 1. The Kier molecular flexibility index (Phi) is 7.09. The van der Waals surface area contributed by atoms with Crippen LogP contribution in [0.15, 0.2) is 93.8 Å². The highest BCUT2D eigenvalue weighted by atomic mass is 32.2. The maximum absolute atomic E-state index is 12.0. The first-order chi connectivity index (χ1) is 13.8. The van der Waals surface area contributed by atoms with E-state index in [1.165, 1.54) is 0 Å². The Morgan fingerprint density at radius 1 is 0.964 bits per heavy atom. The van der Waals surface area contributed by atoms with E-state index in [0.717, 1.165) is 15.4 Å². The normalized spacial score (nSPS) is 10.6. The van der Waals surface area contributed by atoms with E-state index >= 15 is 0 Å². The van der Waals surface area contributed by atoms with Gasteiger partial charge in [0.1, 0.15) is 0 Å². The topological polar surface area (TPSA) is 59.9 Å². The molecule has 3 aromatic rings. The lowest BCUT2D eigenvalue weighted by atomic mass is 10.2. The zero-order chi connectivity index (χ0) is 19.6. The van der Waals surface area contributed by atoms with Gasteiger partial charge in [0.05, 0.1) is 13.3 Å². The van der Waals surface area contributed by atoms with Crippen LogP contribution in [0.3, 0.4) is 0 Å². The van der Waals surface area contributed by atoms with Crippen molar-refractivity contribution in [2.24, 2.45) is 5.10 Å². The number of hydrogen-bond acceptors (Lipinski definition) is 5. The first kappa shape index (κ1) is 19.5. The molecular weight excluding hydrogens is 372 g/mol. The molecule has 28 heavy (non-hydrogen) atoms. The van der Waals surface area contributed by atoms with Crippen LogP contribution < -0.4 is 14.9 Å². The van der Waals surface area contributed by atoms with Crippen molar-refractivity contribution < 1.29 is 14.3 Å². The number of hydrogen-bond donors (Lipinski definition) is 1. The van der Waals surface area contributed by atoms with Crippen LogP contribution >= 0.6 is 11.8 Å². The van der Waals surface area contributed by atoms with Crippen LogP contribution in [0, 0.1) is 0 Å². The van der Waals surface area contributed by atoms with Gasteiger partial charge in [-0.3, -0.25) is 4.79 Å². The molecule has 6 heteroatoms. The third-order valence-corrected chi connectivity index (χ3v) is 4.81. The van der Waals surface area contributed by atoms with E-state index in [0.29, 0.717) is 11.5 Å². The molecule has 5 nitrogen and oxygen atoms in total. The van der Waals surface area contributed by atoms with E-state index in [9.17, 15) is 4.79 Å². The van der Waals surface area contributed by atoms with Gasteiger partial charge < -0.3 is 9.47 Å². The molecule has 0 aliphatic rings. The van der Waals surface area contributed by atoms with Crippen LogP contribution in [0.4, 0.5) is 0 Å². The van der Waals surface area contributed by atoms with E-state index in [4.69, 9.17) is 9.47 Å². The maximum Gasteiger partial charge on any atom is 0.277 e. The number of benzene rings is 3. The van der Waals surface area contributed by atoms with Crippen molar-refractivity contribution in [2.45, 2.75) is 9.79 Å². The Hall–Kier alpha value is -3.25. The molecule has 0 saturated heterocycles. The van der Waals surface area contributed by atoms with Gasteiger partial charge in [-0.15, -0.1) is 0 Å². The molecule has 0 fully saturated rings. The van der Waals surface area contributed by atoms with E-state index in [1.807, 2.05) is 54.6 Å². The second-order valence-corrected chi connectivity index (χ2v) is 6.80. The molecule has 0 bridgehead atoms. The molecule has 0 aliphatic carbocycles. The summed E-state index contributed by atoms with van der Waals surface area (Å²) in [7, 11) is 1.55. The van der Waals surface area contributed by atoms with Gasteiger partial charge in [0.15, 0.2) is 18.1 Å². The Morgan fingerprint density at radius 3 is 2.43 bits per heavy atom. The Labute approximate surface area is 168 Å². The average molecular weight is 392 g/mol. The molecule has 0 aromatic heterocycles. The largest absolute Gasteiger partial charge is 0.493 e. The van der Waals surface area contributed by atoms with Crippen LogP contribution in [0.2, 0.25) is 0 Å². The fraction of sp³-hybridized carbons (Fsp3) is 0.0909. The molecule has 3 rings (SSSR count). The van der Waals surface area contributed by atoms with Gasteiger partial charge in [-0.1, -0.05) is 60.3 Å². The molecule has 0 heterocycles. The number of nitrogens with zero attached hydrogens (tertiary/aromatic N) is 1. The quantitative estimate of drug-likeness (QED) is 0.457. The zero-order valence-corrected chi connectivity index (χ0v) is 16.2. The van der Waals surface area contributed by atoms with Crippen LogP contribution in [0.5, 0.6) is 11.5 Å². The standard InChI is InChI=1S/C22H20N2O3S/c1-26-19-12-6-7-13-20(19)27-16-22(25)24-23-15-17-9-5-8-14-21(17)28-18-10-3-2-4-11-18/h2-15H,16H2,1H3,(H,24,25)/b23-15-. The molecule has 0 unspecified atom stereocenters. The molecule has 0 spiro atoms. The smallest absolute Gasteiger partial charge is 0.277 e. The van der Waals surface area contributed by atoms with E-state index in [-0.39, 0.29) is 12.5 Å². The number of methoxy groups -OCH3 is 1. The second kappa shape index (κ2) is 10.2. The predicted octanol–water partition coefficient (Wildman–Crippen LogP) is 4.38. The minimum atomic E-state index is -0.352. The van der Waals surface area contributed by atoms with Gasteiger partial charge in [0.2, 0.25) is 0 Å². The number of para-hydroxylation sites is 2. The van der Waals surface area contributed by atoms with Gasteiger partial charge >= 0.3 is 0 Å². The molecule has 1 N–H and O–H groups in total. The predicted molar refractivity (Wildman–Crippen MR) is 111 cm³/mol. The van der Waals surface area contributed by atoms with Gasteiger partial charge in [-0.05, 0) is 30.3 Å². The summed E-state index contributed by atoms with van der Waals surface area (Å²) in [5.41, 5.74) is 3.40. The number of rotatable bonds is 8. The number of amides is 1. The van der Waals surface area contributed by atoms with Crippen molar-refractivity contribution in [1.29, 1.82) is 0 Å². The summed E-state index contributed by atoms with van der Waals surface area (Å²) in [5, 5.41) is 4.05. The number of carbonyl (C=O) groups is 1. The van der Waals surface area contributed by atoms with Crippen molar-refractivity contribution in [3.63, 3.8) is 0 Å². The Bertz CT molecular complexity index is 945. The number of nitrogens with one attached hydrogen (secondary N) is 1. The lowest BCUT2D eigenvalue weighted by Crippen LogP contribution is -2.24. The van der Waals surface area contributed by atoms with Crippen molar-refractivity contribution in [3.05, 3.63) is 84.4 Å². The first-order valence-corrected chi connectivity index (χ1v) is 9.47. The van der Waals surface area contributed by atoms with Gasteiger partial charge in [0, 0.05) is 15.4 Å². The second-order valence-electron chi connectivity index (χ2n) is 5.69. The fourth-order valence-electron chi connectivity index (χ4n) is 2.38. The van der Waals surface area contributed by atoms with E-state index in [1.54, 1.807) is 37.2 Å². The van der Waals surface area contributed by atoms with Crippen molar-refractivity contribution in [3.8, 4) is 11.5 Å². The lowest BCUT2D eigenvalue weighted by molar-refractivity contribution is -0.123. The summed E-state index contributed by atoms with van der Waals surface area (Å²) in [6, 6.07) is 25.1. The maximum atomic E-state index is 12.0. The fourth-order valence-corrected chi connectivity index (χ4v) is 3.32. The zero-order valence-electron chi connectivity index (χ0n) is 15.4. The Morgan fingerprint density at radius 2 is 1.64 bits per heavy atom. The summed E-state index contributed by atoms with van der Waals surface area (Å²) < 4.78 is 10.7. The highest BCUT2D eigenvalue weighted by molar-refractivity contribution is 7.99. The van der Waals surface area contributed by atoms with Crippen molar-refractivity contribution in [1.82, 2.24) is 5.43 Å². The lowest BCUT2D eigenvalue weighted by Gasteiger charge is -2.09. The summed E-state index contributed by atoms with van der Waals surface area (Å²) in [6.07, 6.45) is 1.63. The number of ether oxygens (including phenoxy) is 2. The van der Waals surface area contributed by atoms with E-state index < -0.39 is 0 Å². The minimum absolute atomic E-state index is 0.155. The van der Waals surface area contributed by atoms with E-state index in [2.05, 4.69) is 22.7 Å². The molecule has 1 amide bonds. The highest BCUT2D eigenvalue weighted by Crippen LogP contribution is 2.29. The van der Waals surface area contributed by atoms with Gasteiger partial charge in [-0.2, -0.15) is 5.10 Å². The van der Waals surface area contributed by atoms with Gasteiger partial charge in [0.25, 0.3) is 5.91 Å². The van der Waals surface area contributed by atoms with Crippen molar-refractivity contribution >= 4 is 23.9 Å². The summed E-state index contributed by atoms with van der Waals surface area (Å²) in [6.45, 7) is -0.155. The van der Waals surface area contributed by atoms with Crippen LogP contribution in [-0.4, -0.2) is 25.8 Å². The van der Waals surface area contributed by atoms with Crippen LogP contribution in [-0.2, 0) is 4.79 Å². The Balaban J connectivity index is 1.56. The average Bonchev–Trinajstić information content (AvgIpc) is 2.74. The SMILES string of the molecule is COc1ccccc1OCC(=O)N/N=C\c1ccccc1Sc1ccccc1. The molecule has 0 saturated carbocycles. The van der Waals surface area contributed by atoms with Crippen molar-refractivity contribution in [2.75, 3.05) is 13.7 Å².